The van der Waals surface area contributed by atoms with Crippen LogP contribution >= 0.6 is 31.9 Å². The number of rotatable bonds is 3. The molecule has 0 aliphatic rings. The molecule has 1 amide bonds. The number of carbonyl (C=O) groups excluding carboxylic acids is 1. The molecular formula is C14H11Br2N3O2. The average molecular weight is 413 g/mol. The van der Waals surface area contributed by atoms with Gasteiger partial charge in [-0.1, -0.05) is 15.9 Å². The maximum atomic E-state index is 11.8. The van der Waals surface area contributed by atoms with E-state index in [-0.39, 0.29) is 11.7 Å². The lowest BCUT2D eigenvalue weighted by Gasteiger charge is -2.03. The van der Waals surface area contributed by atoms with Gasteiger partial charge in [0.05, 0.1) is 16.3 Å². The third-order valence-corrected chi connectivity index (χ3v) is 3.93. The maximum Gasteiger partial charge on any atom is 0.272 e. The second-order valence-corrected chi connectivity index (χ2v) is 5.92. The second-order valence-electron chi connectivity index (χ2n) is 4.21. The molecule has 1 aromatic heterocycles. The number of aryl methyl sites for hydroxylation is 1. The molecule has 21 heavy (non-hydrogen) atoms. The molecular weight excluding hydrogens is 402 g/mol. The predicted molar refractivity (Wildman–Crippen MR) is 87.5 cm³/mol. The summed E-state index contributed by atoms with van der Waals surface area (Å²) >= 11 is 6.55. The second kappa shape index (κ2) is 6.82. The fourth-order valence-electron chi connectivity index (χ4n) is 1.48. The molecule has 108 valence electrons. The number of hydrogen-bond donors (Lipinski definition) is 2. The molecule has 1 heterocycles. The molecule has 2 aromatic rings. The Bertz CT molecular complexity index is 700. The van der Waals surface area contributed by atoms with E-state index >= 15 is 0 Å². The van der Waals surface area contributed by atoms with Gasteiger partial charge in [0.2, 0.25) is 0 Å². The number of aromatic nitrogens is 1. The first-order chi connectivity index (χ1) is 9.97. The number of phenolic OH excluding ortho intramolecular Hbond substituents is 1. The van der Waals surface area contributed by atoms with Crippen molar-refractivity contribution in [2.24, 2.45) is 5.10 Å². The fourth-order valence-corrected chi connectivity index (χ4v) is 2.58. The number of aromatic hydroxyl groups is 1. The van der Waals surface area contributed by atoms with Gasteiger partial charge in [-0.25, -0.2) is 5.43 Å². The first kappa shape index (κ1) is 15.7. The van der Waals surface area contributed by atoms with Crippen molar-refractivity contribution in [3.8, 4) is 5.75 Å². The molecule has 1 aromatic carbocycles. The number of nitrogens with one attached hydrogen (secondary N) is 1. The van der Waals surface area contributed by atoms with Crippen molar-refractivity contribution in [3.63, 3.8) is 0 Å². The van der Waals surface area contributed by atoms with E-state index in [9.17, 15) is 9.90 Å². The van der Waals surface area contributed by atoms with Crippen LogP contribution < -0.4 is 5.43 Å². The third kappa shape index (κ3) is 4.12. The van der Waals surface area contributed by atoms with Crippen LogP contribution in [0.4, 0.5) is 0 Å². The number of carbonyl (C=O) groups is 1. The van der Waals surface area contributed by atoms with Gasteiger partial charge in [-0.15, -0.1) is 0 Å². The molecule has 0 saturated carbocycles. The van der Waals surface area contributed by atoms with Gasteiger partial charge in [0, 0.05) is 21.9 Å². The number of halogens is 2. The Morgan fingerprint density at radius 2 is 2.10 bits per heavy atom. The highest BCUT2D eigenvalue weighted by Crippen LogP contribution is 2.29. The summed E-state index contributed by atoms with van der Waals surface area (Å²) in [5, 5.41) is 13.5. The third-order valence-electron chi connectivity index (χ3n) is 2.61. The number of nitrogens with zero attached hydrogens (tertiary/aromatic N) is 2. The van der Waals surface area contributed by atoms with Gasteiger partial charge in [-0.2, -0.15) is 5.10 Å². The number of benzene rings is 1. The SMILES string of the molecule is Cc1ccc(C(=O)N/N=C\c2cc(O)c(Br)cc2Br)cn1. The van der Waals surface area contributed by atoms with E-state index in [4.69, 9.17) is 0 Å². The lowest BCUT2D eigenvalue weighted by molar-refractivity contribution is 0.0955. The molecule has 0 radical (unpaired) electrons. The Labute approximate surface area is 138 Å². The highest BCUT2D eigenvalue weighted by Gasteiger charge is 2.06. The Balaban J connectivity index is 2.07. The van der Waals surface area contributed by atoms with Crippen molar-refractivity contribution in [2.45, 2.75) is 6.92 Å². The lowest BCUT2D eigenvalue weighted by atomic mass is 10.2. The molecule has 5 nitrogen and oxygen atoms in total. The average Bonchev–Trinajstić information content (AvgIpc) is 2.45. The maximum absolute atomic E-state index is 11.8. The summed E-state index contributed by atoms with van der Waals surface area (Å²) in [4.78, 5) is 15.9. The Morgan fingerprint density at radius 1 is 1.33 bits per heavy atom. The summed E-state index contributed by atoms with van der Waals surface area (Å²) in [7, 11) is 0. The van der Waals surface area contributed by atoms with Crippen molar-refractivity contribution < 1.29 is 9.90 Å². The van der Waals surface area contributed by atoms with Crippen molar-refractivity contribution in [2.75, 3.05) is 0 Å². The molecule has 0 unspecified atom stereocenters. The predicted octanol–water partition coefficient (Wildman–Crippen LogP) is 3.38. The van der Waals surface area contributed by atoms with Gasteiger partial charge in [0.1, 0.15) is 5.75 Å². The van der Waals surface area contributed by atoms with Gasteiger partial charge in [0.15, 0.2) is 0 Å². The largest absolute Gasteiger partial charge is 0.507 e. The molecule has 0 aliphatic carbocycles. The van der Waals surface area contributed by atoms with Crippen LogP contribution in [-0.2, 0) is 0 Å². The van der Waals surface area contributed by atoms with E-state index in [0.29, 0.717) is 15.6 Å². The zero-order chi connectivity index (χ0) is 15.4. The van der Waals surface area contributed by atoms with Gasteiger partial charge in [-0.3, -0.25) is 9.78 Å². The summed E-state index contributed by atoms with van der Waals surface area (Å²) in [6.45, 7) is 1.84. The number of pyridine rings is 1. The van der Waals surface area contributed by atoms with Crippen LogP contribution in [0.15, 0.2) is 44.5 Å². The number of amides is 1. The first-order valence-electron chi connectivity index (χ1n) is 5.91. The molecule has 0 atom stereocenters. The van der Waals surface area contributed by atoms with Crippen LogP contribution in [0.2, 0.25) is 0 Å². The van der Waals surface area contributed by atoms with Crippen LogP contribution in [0.5, 0.6) is 5.75 Å². The molecule has 7 heteroatoms. The van der Waals surface area contributed by atoms with E-state index < -0.39 is 0 Å². The zero-order valence-electron chi connectivity index (χ0n) is 11.0. The van der Waals surface area contributed by atoms with E-state index in [1.165, 1.54) is 18.5 Å². The molecule has 2 rings (SSSR count). The van der Waals surface area contributed by atoms with E-state index in [2.05, 4.69) is 47.4 Å². The van der Waals surface area contributed by atoms with E-state index in [0.717, 1.165) is 10.2 Å². The van der Waals surface area contributed by atoms with Crippen molar-refractivity contribution in [3.05, 3.63) is 56.2 Å². The number of phenols is 1. The van der Waals surface area contributed by atoms with Gasteiger partial charge >= 0.3 is 0 Å². The van der Waals surface area contributed by atoms with Gasteiger partial charge in [-0.05, 0) is 47.1 Å². The number of hydrazone groups is 1. The van der Waals surface area contributed by atoms with Crippen molar-refractivity contribution in [1.82, 2.24) is 10.4 Å². The highest BCUT2D eigenvalue weighted by atomic mass is 79.9. The highest BCUT2D eigenvalue weighted by molar-refractivity contribution is 9.11. The summed E-state index contributed by atoms with van der Waals surface area (Å²) < 4.78 is 1.31. The molecule has 0 fully saturated rings. The molecule has 0 bridgehead atoms. The Kier molecular flexibility index (Phi) is 5.08. The molecule has 0 saturated heterocycles. The summed E-state index contributed by atoms with van der Waals surface area (Å²) in [6, 6.07) is 6.65. The van der Waals surface area contributed by atoms with E-state index in [1.807, 2.05) is 6.92 Å². The summed E-state index contributed by atoms with van der Waals surface area (Å²) in [5.74, 6) is -0.259. The van der Waals surface area contributed by atoms with E-state index in [1.54, 1.807) is 18.2 Å². The molecule has 0 spiro atoms. The van der Waals surface area contributed by atoms with Gasteiger partial charge in [0.25, 0.3) is 5.91 Å². The van der Waals surface area contributed by atoms with Crippen molar-refractivity contribution >= 4 is 44.0 Å². The zero-order valence-corrected chi connectivity index (χ0v) is 14.1. The normalized spacial score (nSPS) is 10.8. The minimum Gasteiger partial charge on any atom is -0.507 e. The topological polar surface area (TPSA) is 74.6 Å². The van der Waals surface area contributed by atoms with Crippen LogP contribution in [0.25, 0.3) is 0 Å². The Morgan fingerprint density at radius 3 is 2.76 bits per heavy atom. The van der Waals surface area contributed by atoms with Crippen LogP contribution in [0.3, 0.4) is 0 Å². The molecule has 0 aliphatic heterocycles. The minimum absolute atomic E-state index is 0.0914. The molecule has 2 N–H and O–H groups in total. The van der Waals surface area contributed by atoms with Crippen LogP contribution in [0, 0.1) is 6.92 Å². The van der Waals surface area contributed by atoms with Gasteiger partial charge < -0.3 is 5.11 Å². The monoisotopic (exact) mass is 411 g/mol. The lowest BCUT2D eigenvalue weighted by Crippen LogP contribution is -2.17. The summed E-state index contributed by atoms with van der Waals surface area (Å²) in [5.41, 5.74) is 4.31. The quantitative estimate of drug-likeness (QED) is 0.599. The Hall–Kier alpha value is -1.73. The minimum atomic E-state index is -0.351. The van der Waals surface area contributed by atoms with Crippen LogP contribution in [0.1, 0.15) is 21.6 Å². The standard InChI is InChI=1S/C14H11Br2N3O2/c1-8-2-3-9(6-17-8)14(21)19-18-7-10-4-13(20)12(16)5-11(10)15/h2-7,20H,1H3,(H,19,21)/b18-7-. The summed E-state index contributed by atoms with van der Waals surface area (Å²) in [6.07, 6.45) is 2.93. The van der Waals surface area contributed by atoms with Crippen molar-refractivity contribution in [1.29, 1.82) is 0 Å². The smallest absolute Gasteiger partial charge is 0.272 e. The fraction of sp³-hybridized carbons (Fsp3) is 0.0714. The van der Waals surface area contributed by atoms with Crippen LogP contribution in [-0.4, -0.2) is 22.2 Å². The number of hydrogen-bond acceptors (Lipinski definition) is 4. The first-order valence-corrected chi connectivity index (χ1v) is 7.50.